The summed E-state index contributed by atoms with van der Waals surface area (Å²) in [6.45, 7) is 11.3. The molecule has 0 spiro atoms. The summed E-state index contributed by atoms with van der Waals surface area (Å²) < 4.78 is 11.1. The molecular weight excluding hydrogens is 494 g/mol. The molecule has 0 aliphatic heterocycles. The van der Waals surface area contributed by atoms with E-state index in [2.05, 4.69) is 32.5 Å². The molecule has 0 unspecified atom stereocenters. The fraction of sp³-hybridized carbons (Fsp3) is 0.259. The molecule has 3 rings (SSSR count). The van der Waals surface area contributed by atoms with Crippen LogP contribution < -0.4 is 20.7 Å². The number of aryl methyl sites for hydroxylation is 1. The first-order valence-electron chi connectivity index (χ1n) is 11.5. The Morgan fingerprint density at radius 3 is 2.54 bits per heavy atom. The zero-order chi connectivity index (χ0) is 27.0. The number of hydrogen-bond acceptors (Lipinski definition) is 7. The average molecular weight is 524 g/mol. The van der Waals surface area contributed by atoms with Gasteiger partial charge in [-0.05, 0) is 63.1 Å². The monoisotopic (exact) mass is 523 g/mol. The zero-order valence-corrected chi connectivity index (χ0v) is 22.0. The lowest BCUT2D eigenvalue weighted by Gasteiger charge is -2.19. The minimum Gasteiger partial charge on any atom is -0.486 e. The van der Waals surface area contributed by atoms with Gasteiger partial charge in [-0.25, -0.2) is 14.8 Å². The molecule has 10 heteroatoms. The number of carbonyl (C=O) groups excluding carboxylic acids is 2. The molecule has 0 bridgehead atoms. The maximum absolute atomic E-state index is 11.9. The third-order valence-electron chi connectivity index (χ3n) is 4.92. The van der Waals surface area contributed by atoms with Crippen molar-refractivity contribution in [3.05, 3.63) is 83.2 Å². The molecule has 9 nitrogen and oxygen atoms in total. The number of nitrogens with one attached hydrogen (secondary N) is 3. The van der Waals surface area contributed by atoms with E-state index in [9.17, 15) is 9.59 Å². The Bertz CT molecular complexity index is 1270. The summed E-state index contributed by atoms with van der Waals surface area (Å²) in [7, 11) is 0. The molecule has 0 radical (unpaired) electrons. The zero-order valence-electron chi connectivity index (χ0n) is 21.2. The number of nitrogens with zero attached hydrogens (tertiary/aromatic N) is 2. The Hall–Kier alpha value is -4.11. The molecule has 3 aromatic rings. The van der Waals surface area contributed by atoms with Gasteiger partial charge in [0.15, 0.2) is 5.75 Å². The smallest absolute Gasteiger partial charge is 0.407 e. The van der Waals surface area contributed by atoms with Gasteiger partial charge in [0.1, 0.15) is 12.2 Å². The quantitative estimate of drug-likeness (QED) is 0.299. The first-order valence-corrected chi connectivity index (χ1v) is 11.9. The van der Waals surface area contributed by atoms with E-state index in [-0.39, 0.29) is 19.1 Å². The number of carbonyl (C=O) groups is 2. The Kier molecular flexibility index (Phi) is 9.08. The molecule has 37 heavy (non-hydrogen) atoms. The molecule has 0 saturated heterocycles. The minimum atomic E-state index is -0.570. The lowest BCUT2D eigenvalue weighted by molar-refractivity contribution is -0.111. The number of ether oxygens (including phenoxy) is 2. The number of aromatic nitrogens is 2. The second kappa shape index (κ2) is 12.2. The van der Waals surface area contributed by atoms with Gasteiger partial charge in [-0.15, -0.1) is 0 Å². The normalized spacial score (nSPS) is 10.8. The van der Waals surface area contributed by atoms with Crippen molar-refractivity contribution in [2.75, 3.05) is 10.6 Å². The predicted molar refractivity (Wildman–Crippen MR) is 144 cm³/mol. The van der Waals surface area contributed by atoms with Crippen molar-refractivity contribution in [2.24, 2.45) is 0 Å². The van der Waals surface area contributed by atoms with Crippen LogP contribution in [0.3, 0.4) is 0 Å². The van der Waals surface area contributed by atoms with Crippen LogP contribution in [0.1, 0.15) is 37.5 Å². The van der Waals surface area contributed by atoms with Crippen LogP contribution in [0, 0.1) is 6.92 Å². The van der Waals surface area contributed by atoms with Crippen LogP contribution in [0.4, 0.5) is 22.1 Å². The van der Waals surface area contributed by atoms with Crippen molar-refractivity contribution >= 4 is 40.9 Å². The molecule has 1 aromatic heterocycles. The third-order valence-corrected chi connectivity index (χ3v) is 5.29. The Balaban J connectivity index is 1.61. The molecule has 0 atom stereocenters. The molecule has 0 aliphatic rings. The van der Waals surface area contributed by atoms with E-state index >= 15 is 0 Å². The van der Waals surface area contributed by atoms with Gasteiger partial charge in [0.25, 0.3) is 0 Å². The van der Waals surface area contributed by atoms with Crippen molar-refractivity contribution < 1.29 is 19.1 Å². The van der Waals surface area contributed by atoms with E-state index in [1.165, 1.54) is 18.5 Å². The first-order chi connectivity index (χ1) is 17.5. The number of alkyl carbamates (subject to hydrolysis) is 1. The van der Waals surface area contributed by atoms with Crippen LogP contribution in [0.25, 0.3) is 0 Å². The van der Waals surface area contributed by atoms with E-state index in [4.69, 9.17) is 21.1 Å². The highest BCUT2D eigenvalue weighted by atomic mass is 35.5. The number of hydrogen-bond donors (Lipinski definition) is 3. The number of rotatable bonds is 9. The van der Waals surface area contributed by atoms with Crippen molar-refractivity contribution in [3.63, 3.8) is 0 Å². The summed E-state index contributed by atoms with van der Waals surface area (Å²) in [5.41, 5.74) is 3.19. The van der Waals surface area contributed by atoms with Crippen LogP contribution in [-0.4, -0.2) is 27.6 Å². The third kappa shape index (κ3) is 8.50. The van der Waals surface area contributed by atoms with Gasteiger partial charge in [-0.3, -0.25) is 4.79 Å². The fourth-order valence-corrected chi connectivity index (χ4v) is 3.36. The van der Waals surface area contributed by atoms with Gasteiger partial charge >= 0.3 is 6.09 Å². The average Bonchev–Trinajstić information content (AvgIpc) is 2.84. The summed E-state index contributed by atoms with van der Waals surface area (Å²) in [5, 5.41) is 9.16. The van der Waals surface area contributed by atoms with E-state index in [1.54, 1.807) is 32.9 Å². The maximum atomic E-state index is 11.9. The Labute approximate surface area is 221 Å². The van der Waals surface area contributed by atoms with Gasteiger partial charge in [-0.2, -0.15) is 0 Å². The molecular formula is C27H30ClN5O4. The SMILES string of the molecule is C=CC(=O)Nc1cccc(C)c1Nc1ncc(OCc2cc(CNC(=O)OC(C)(C)C)ccc2Cl)cn1. The summed E-state index contributed by atoms with van der Waals surface area (Å²) in [6.07, 6.45) is 3.79. The summed E-state index contributed by atoms with van der Waals surface area (Å²) in [6, 6.07) is 10.9. The van der Waals surface area contributed by atoms with Crippen LogP contribution in [0.2, 0.25) is 5.02 Å². The van der Waals surface area contributed by atoms with Crippen LogP contribution in [0.15, 0.2) is 61.4 Å². The second-order valence-electron chi connectivity index (χ2n) is 9.13. The number of amides is 2. The fourth-order valence-electron chi connectivity index (χ4n) is 3.19. The van der Waals surface area contributed by atoms with E-state index in [1.807, 2.05) is 31.2 Å². The van der Waals surface area contributed by atoms with E-state index < -0.39 is 11.7 Å². The summed E-state index contributed by atoms with van der Waals surface area (Å²) >= 11 is 6.33. The van der Waals surface area contributed by atoms with Gasteiger partial charge in [0.2, 0.25) is 11.9 Å². The molecule has 0 fully saturated rings. The Morgan fingerprint density at radius 2 is 1.86 bits per heavy atom. The first kappa shape index (κ1) is 27.5. The molecule has 0 aliphatic carbocycles. The second-order valence-corrected chi connectivity index (χ2v) is 9.54. The lowest BCUT2D eigenvalue weighted by Crippen LogP contribution is -2.32. The number of para-hydroxylation sites is 1. The number of anilines is 3. The maximum Gasteiger partial charge on any atom is 0.407 e. The van der Waals surface area contributed by atoms with Crippen molar-refractivity contribution in [1.82, 2.24) is 15.3 Å². The lowest BCUT2D eigenvalue weighted by atomic mass is 10.1. The van der Waals surface area contributed by atoms with Crippen molar-refractivity contribution in [1.29, 1.82) is 0 Å². The van der Waals surface area contributed by atoms with Gasteiger partial charge in [-0.1, -0.05) is 36.4 Å². The molecule has 2 amide bonds. The molecule has 3 N–H and O–H groups in total. The largest absolute Gasteiger partial charge is 0.486 e. The number of benzene rings is 2. The van der Waals surface area contributed by atoms with Crippen molar-refractivity contribution in [2.45, 2.75) is 46.4 Å². The Morgan fingerprint density at radius 1 is 1.14 bits per heavy atom. The van der Waals surface area contributed by atoms with Gasteiger partial charge in [0, 0.05) is 17.1 Å². The molecule has 0 saturated carbocycles. The highest BCUT2D eigenvalue weighted by Crippen LogP contribution is 2.28. The van der Waals surface area contributed by atoms with Crippen LogP contribution in [0.5, 0.6) is 5.75 Å². The highest BCUT2D eigenvalue weighted by Gasteiger charge is 2.16. The standard InChI is InChI=1S/C27H30ClN5O4/c1-6-23(34)32-22-9-7-8-17(2)24(22)33-25-29-14-20(15-30-25)36-16-19-12-18(10-11-21(19)28)13-31-26(35)37-27(3,4)5/h6-12,14-15H,1,13,16H2,2-5H3,(H,31,35)(H,32,34)(H,29,30,33). The van der Waals surface area contributed by atoms with Crippen molar-refractivity contribution in [3.8, 4) is 5.75 Å². The number of halogens is 1. The minimum absolute atomic E-state index is 0.185. The van der Waals surface area contributed by atoms with Gasteiger partial charge < -0.3 is 25.4 Å². The van der Waals surface area contributed by atoms with E-state index in [0.717, 1.165) is 16.7 Å². The predicted octanol–water partition coefficient (Wildman–Crippen LogP) is 5.91. The molecule has 2 aromatic carbocycles. The summed E-state index contributed by atoms with van der Waals surface area (Å²) in [4.78, 5) is 32.3. The molecule has 194 valence electrons. The van der Waals surface area contributed by atoms with E-state index in [0.29, 0.717) is 28.1 Å². The van der Waals surface area contributed by atoms with Crippen LogP contribution >= 0.6 is 11.6 Å². The topological polar surface area (TPSA) is 114 Å². The van der Waals surface area contributed by atoms with Crippen LogP contribution in [-0.2, 0) is 22.7 Å². The van der Waals surface area contributed by atoms with Gasteiger partial charge in [0.05, 0.1) is 23.8 Å². The summed E-state index contributed by atoms with van der Waals surface area (Å²) in [5.74, 6) is 0.467. The highest BCUT2D eigenvalue weighted by molar-refractivity contribution is 6.31. The molecule has 1 heterocycles.